The van der Waals surface area contributed by atoms with Crippen molar-refractivity contribution in [2.75, 3.05) is 32.7 Å². The first-order valence-corrected chi connectivity index (χ1v) is 7.69. The van der Waals surface area contributed by atoms with Gasteiger partial charge in [-0.25, -0.2) is 0 Å². The number of benzene rings is 1. The normalized spacial score (nSPS) is 16.8. The van der Waals surface area contributed by atoms with Gasteiger partial charge < -0.3 is 4.90 Å². The molecule has 1 aromatic carbocycles. The molecule has 1 saturated heterocycles. The van der Waals surface area contributed by atoms with Gasteiger partial charge in [0, 0.05) is 38.3 Å². The molecule has 0 spiro atoms. The Bertz CT molecular complexity index is 483. The zero-order chi connectivity index (χ0) is 14.7. The quantitative estimate of drug-likeness (QED) is 0.853. The van der Waals surface area contributed by atoms with Crippen LogP contribution in [0, 0.1) is 5.92 Å². The van der Waals surface area contributed by atoms with E-state index in [2.05, 4.69) is 18.7 Å². The van der Waals surface area contributed by atoms with Crippen LogP contribution in [0.25, 0.3) is 0 Å². The lowest BCUT2D eigenvalue weighted by molar-refractivity contribution is 0.0624. The number of hydrogen-bond acceptors (Lipinski definition) is 2. The number of halogens is 2. The first-order chi connectivity index (χ1) is 9.47. The maximum Gasteiger partial charge on any atom is 0.253 e. The third-order valence-electron chi connectivity index (χ3n) is 3.45. The molecule has 0 bridgehead atoms. The van der Waals surface area contributed by atoms with Crippen molar-refractivity contribution >= 4 is 29.1 Å². The van der Waals surface area contributed by atoms with Gasteiger partial charge in [-0.15, -0.1) is 0 Å². The molecule has 0 atom stereocenters. The summed E-state index contributed by atoms with van der Waals surface area (Å²) in [5.74, 6) is 0.695. The van der Waals surface area contributed by atoms with E-state index in [0.717, 1.165) is 32.7 Å². The van der Waals surface area contributed by atoms with Crippen LogP contribution in [0.2, 0.25) is 10.0 Å². The summed E-state index contributed by atoms with van der Waals surface area (Å²) in [5, 5.41) is 0.904. The standard InChI is InChI=1S/C15H20Cl2N2O/c1-11(2)10-18-5-7-19(8-6-18)15(20)12-3-4-13(16)14(17)9-12/h3-4,9,11H,5-8,10H2,1-2H3. The van der Waals surface area contributed by atoms with Crippen LogP contribution in [0.1, 0.15) is 24.2 Å². The summed E-state index contributed by atoms with van der Waals surface area (Å²) in [6.07, 6.45) is 0. The highest BCUT2D eigenvalue weighted by Gasteiger charge is 2.22. The van der Waals surface area contributed by atoms with Gasteiger partial charge in [-0.3, -0.25) is 9.69 Å². The highest BCUT2D eigenvalue weighted by atomic mass is 35.5. The van der Waals surface area contributed by atoms with Crippen molar-refractivity contribution in [3.63, 3.8) is 0 Å². The predicted molar refractivity (Wildman–Crippen MR) is 83.6 cm³/mol. The van der Waals surface area contributed by atoms with Gasteiger partial charge in [-0.1, -0.05) is 37.0 Å². The van der Waals surface area contributed by atoms with E-state index < -0.39 is 0 Å². The van der Waals surface area contributed by atoms with Gasteiger partial charge >= 0.3 is 0 Å². The predicted octanol–water partition coefficient (Wildman–Crippen LogP) is 3.41. The van der Waals surface area contributed by atoms with E-state index in [0.29, 0.717) is 21.5 Å². The molecule has 0 aromatic heterocycles. The van der Waals surface area contributed by atoms with Crippen LogP contribution < -0.4 is 0 Å². The number of amides is 1. The molecular formula is C15H20Cl2N2O. The lowest BCUT2D eigenvalue weighted by Crippen LogP contribution is -2.49. The molecule has 110 valence electrons. The highest BCUT2D eigenvalue weighted by molar-refractivity contribution is 6.42. The van der Waals surface area contributed by atoms with Crippen LogP contribution in [0.15, 0.2) is 18.2 Å². The maximum atomic E-state index is 12.4. The molecule has 0 saturated carbocycles. The first-order valence-electron chi connectivity index (χ1n) is 6.94. The maximum absolute atomic E-state index is 12.4. The topological polar surface area (TPSA) is 23.6 Å². The van der Waals surface area contributed by atoms with E-state index in [1.165, 1.54) is 0 Å². The Hall–Kier alpha value is -0.770. The van der Waals surface area contributed by atoms with Crippen LogP contribution in [-0.2, 0) is 0 Å². The Morgan fingerprint density at radius 1 is 1.15 bits per heavy atom. The second kappa shape index (κ2) is 6.79. The second-order valence-electron chi connectivity index (χ2n) is 5.62. The van der Waals surface area contributed by atoms with Gasteiger partial charge in [0.2, 0.25) is 0 Å². The van der Waals surface area contributed by atoms with Gasteiger partial charge in [0.1, 0.15) is 0 Å². The summed E-state index contributed by atoms with van der Waals surface area (Å²) in [4.78, 5) is 16.7. The SMILES string of the molecule is CC(C)CN1CCN(C(=O)c2ccc(Cl)c(Cl)c2)CC1. The average Bonchev–Trinajstić information content (AvgIpc) is 2.41. The monoisotopic (exact) mass is 314 g/mol. The molecule has 0 unspecified atom stereocenters. The molecule has 0 aliphatic carbocycles. The van der Waals surface area contributed by atoms with Crippen molar-refractivity contribution in [2.24, 2.45) is 5.92 Å². The molecule has 1 aliphatic heterocycles. The van der Waals surface area contributed by atoms with Crippen LogP contribution in [-0.4, -0.2) is 48.4 Å². The summed E-state index contributed by atoms with van der Waals surface area (Å²) in [6, 6.07) is 5.05. The summed E-state index contributed by atoms with van der Waals surface area (Å²) < 4.78 is 0. The van der Waals surface area contributed by atoms with Gasteiger partial charge in [0.05, 0.1) is 10.0 Å². The first kappa shape index (κ1) is 15.6. The number of carbonyl (C=O) groups excluding carboxylic acids is 1. The summed E-state index contributed by atoms with van der Waals surface area (Å²) in [6.45, 7) is 8.93. The van der Waals surface area contributed by atoms with Gasteiger partial charge in [-0.2, -0.15) is 0 Å². The minimum absolute atomic E-state index is 0.0350. The Kier molecular flexibility index (Phi) is 5.30. The zero-order valence-corrected chi connectivity index (χ0v) is 13.4. The molecule has 2 rings (SSSR count). The molecule has 1 heterocycles. The van der Waals surface area contributed by atoms with Crippen LogP contribution in [0.3, 0.4) is 0 Å². The van der Waals surface area contributed by atoms with E-state index in [1.807, 2.05) is 4.90 Å². The van der Waals surface area contributed by atoms with Crippen LogP contribution in [0.4, 0.5) is 0 Å². The van der Waals surface area contributed by atoms with Crippen molar-refractivity contribution in [1.29, 1.82) is 0 Å². The molecular weight excluding hydrogens is 295 g/mol. The summed E-state index contributed by atoms with van der Waals surface area (Å²) in [7, 11) is 0. The lowest BCUT2D eigenvalue weighted by atomic mass is 10.1. The minimum Gasteiger partial charge on any atom is -0.336 e. The average molecular weight is 315 g/mol. The molecule has 5 heteroatoms. The van der Waals surface area contributed by atoms with Gasteiger partial charge in [0.25, 0.3) is 5.91 Å². The number of carbonyl (C=O) groups is 1. The van der Waals surface area contributed by atoms with Gasteiger partial charge in [0.15, 0.2) is 0 Å². The number of rotatable bonds is 3. The van der Waals surface area contributed by atoms with Crippen molar-refractivity contribution < 1.29 is 4.79 Å². The van der Waals surface area contributed by atoms with Gasteiger partial charge in [-0.05, 0) is 24.1 Å². The summed E-state index contributed by atoms with van der Waals surface area (Å²) >= 11 is 11.8. The zero-order valence-electron chi connectivity index (χ0n) is 11.9. The Morgan fingerprint density at radius 2 is 1.80 bits per heavy atom. The van der Waals surface area contributed by atoms with Crippen molar-refractivity contribution in [2.45, 2.75) is 13.8 Å². The van der Waals surface area contributed by atoms with Crippen molar-refractivity contribution in [3.05, 3.63) is 33.8 Å². The Balaban J connectivity index is 1.96. The largest absolute Gasteiger partial charge is 0.336 e. The van der Waals surface area contributed by atoms with E-state index >= 15 is 0 Å². The van der Waals surface area contributed by atoms with E-state index in [4.69, 9.17) is 23.2 Å². The molecule has 20 heavy (non-hydrogen) atoms. The fourth-order valence-corrected chi connectivity index (χ4v) is 2.76. The second-order valence-corrected chi connectivity index (χ2v) is 6.43. The molecule has 3 nitrogen and oxygen atoms in total. The fourth-order valence-electron chi connectivity index (χ4n) is 2.46. The third-order valence-corrected chi connectivity index (χ3v) is 4.19. The minimum atomic E-state index is 0.0350. The third kappa shape index (κ3) is 3.87. The number of nitrogens with zero attached hydrogens (tertiary/aromatic N) is 2. The molecule has 1 aliphatic rings. The number of hydrogen-bond donors (Lipinski definition) is 0. The Labute approximate surface area is 130 Å². The molecule has 1 amide bonds. The number of piperazine rings is 1. The van der Waals surface area contributed by atoms with E-state index in [9.17, 15) is 4.79 Å². The fraction of sp³-hybridized carbons (Fsp3) is 0.533. The molecule has 1 aromatic rings. The molecule has 0 radical (unpaired) electrons. The summed E-state index contributed by atoms with van der Waals surface area (Å²) in [5.41, 5.74) is 0.608. The smallest absolute Gasteiger partial charge is 0.253 e. The van der Waals surface area contributed by atoms with Crippen molar-refractivity contribution in [3.8, 4) is 0 Å². The Morgan fingerprint density at radius 3 is 2.35 bits per heavy atom. The molecule has 1 fully saturated rings. The van der Waals surface area contributed by atoms with E-state index in [-0.39, 0.29) is 5.91 Å². The van der Waals surface area contributed by atoms with E-state index in [1.54, 1.807) is 18.2 Å². The lowest BCUT2D eigenvalue weighted by Gasteiger charge is -2.35. The molecule has 0 N–H and O–H groups in total. The van der Waals surface area contributed by atoms with Crippen LogP contribution in [0.5, 0.6) is 0 Å². The van der Waals surface area contributed by atoms with Crippen molar-refractivity contribution in [1.82, 2.24) is 9.80 Å². The van der Waals surface area contributed by atoms with Crippen LogP contribution >= 0.6 is 23.2 Å². The highest BCUT2D eigenvalue weighted by Crippen LogP contribution is 2.23.